The summed E-state index contributed by atoms with van der Waals surface area (Å²) in [6.07, 6.45) is 14.4. The average Bonchev–Trinajstić information content (AvgIpc) is 2.49. The van der Waals surface area contributed by atoms with Gasteiger partial charge in [0.05, 0.1) is 5.54 Å². The molecule has 104 valence electrons. The Labute approximate surface area is 116 Å². The van der Waals surface area contributed by atoms with E-state index in [1.54, 1.807) is 0 Å². The van der Waals surface area contributed by atoms with Gasteiger partial charge in [-0.05, 0) is 31.7 Å². The van der Waals surface area contributed by atoms with Crippen LogP contribution in [-0.2, 0) is 5.54 Å². The number of hydrogen-bond acceptors (Lipinski definition) is 3. The molecule has 0 spiro atoms. The van der Waals surface area contributed by atoms with Gasteiger partial charge >= 0.3 is 0 Å². The van der Waals surface area contributed by atoms with Crippen LogP contribution >= 0.6 is 0 Å². The van der Waals surface area contributed by atoms with Gasteiger partial charge in [0.2, 0.25) is 0 Å². The fraction of sp³-hybridized carbons (Fsp3) is 0.750. The highest BCUT2D eigenvalue weighted by atomic mass is 15.0. The van der Waals surface area contributed by atoms with E-state index >= 15 is 0 Å². The van der Waals surface area contributed by atoms with E-state index in [-0.39, 0.29) is 5.54 Å². The molecule has 2 aliphatic rings. The van der Waals surface area contributed by atoms with Crippen LogP contribution in [0.25, 0.3) is 0 Å². The van der Waals surface area contributed by atoms with Crippen molar-refractivity contribution in [2.75, 3.05) is 0 Å². The molecule has 3 nitrogen and oxygen atoms in total. The van der Waals surface area contributed by atoms with Crippen LogP contribution in [0.5, 0.6) is 0 Å². The van der Waals surface area contributed by atoms with Gasteiger partial charge in [-0.25, -0.2) is 9.97 Å². The van der Waals surface area contributed by atoms with Crippen molar-refractivity contribution in [3.05, 3.63) is 23.8 Å². The quantitative estimate of drug-likeness (QED) is 0.882. The number of rotatable bonds is 2. The van der Waals surface area contributed by atoms with Crippen LogP contribution in [0.3, 0.4) is 0 Å². The van der Waals surface area contributed by atoms with Crippen LogP contribution in [0.2, 0.25) is 0 Å². The molecule has 3 heteroatoms. The van der Waals surface area contributed by atoms with Crippen molar-refractivity contribution in [1.29, 1.82) is 0 Å². The first-order valence-corrected chi connectivity index (χ1v) is 7.90. The van der Waals surface area contributed by atoms with Gasteiger partial charge in [-0.1, -0.05) is 38.5 Å². The highest BCUT2D eigenvalue weighted by Gasteiger charge is 2.32. The molecule has 1 aromatic heterocycles. The lowest BCUT2D eigenvalue weighted by Crippen LogP contribution is -2.40. The molecule has 2 aliphatic carbocycles. The van der Waals surface area contributed by atoms with E-state index in [9.17, 15) is 0 Å². The molecule has 0 amide bonds. The van der Waals surface area contributed by atoms with Gasteiger partial charge < -0.3 is 5.73 Å². The summed E-state index contributed by atoms with van der Waals surface area (Å²) in [5, 5.41) is 0. The third-order valence-electron chi connectivity index (χ3n) is 4.89. The summed E-state index contributed by atoms with van der Waals surface area (Å²) in [6, 6.07) is 2.10. The van der Waals surface area contributed by atoms with Crippen molar-refractivity contribution < 1.29 is 0 Å². The standard InChI is InChI=1S/C16H25N3/c17-16(10-5-2-6-11-16)15-18-12-9-14(19-15)13-7-3-1-4-8-13/h9,12-13H,1-8,10-11,17H2. The van der Waals surface area contributed by atoms with Crippen molar-refractivity contribution >= 4 is 0 Å². The highest BCUT2D eigenvalue weighted by Crippen LogP contribution is 2.35. The van der Waals surface area contributed by atoms with E-state index in [1.165, 1.54) is 57.1 Å². The zero-order valence-electron chi connectivity index (χ0n) is 11.8. The minimum absolute atomic E-state index is 0.261. The number of aromatic nitrogens is 2. The van der Waals surface area contributed by atoms with Crippen LogP contribution in [0.1, 0.15) is 81.6 Å². The number of hydrogen-bond donors (Lipinski definition) is 1. The topological polar surface area (TPSA) is 51.8 Å². The maximum atomic E-state index is 6.55. The number of nitrogens with two attached hydrogens (primary N) is 1. The summed E-state index contributed by atoms with van der Waals surface area (Å²) < 4.78 is 0. The summed E-state index contributed by atoms with van der Waals surface area (Å²) >= 11 is 0. The molecular weight excluding hydrogens is 234 g/mol. The fourth-order valence-corrected chi connectivity index (χ4v) is 3.64. The summed E-state index contributed by atoms with van der Waals surface area (Å²) in [5.41, 5.74) is 7.53. The van der Waals surface area contributed by atoms with Gasteiger partial charge in [0, 0.05) is 17.8 Å². The highest BCUT2D eigenvalue weighted by molar-refractivity contribution is 5.14. The molecular formula is C16H25N3. The molecule has 2 saturated carbocycles. The van der Waals surface area contributed by atoms with Crippen molar-refractivity contribution in [2.24, 2.45) is 5.73 Å². The molecule has 0 atom stereocenters. The number of nitrogens with zero attached hydrogens (tertiary/aromatic N) is 2. The molecule has 0 saturated heterocycles. The Balaban J connectivity index is 1.82. The molecule has 2 fully saturated rings. The fourth-order valence-electron chi connectivity index (χ4n) is 3.64. The van der Waals surface area contributed by atoms with Gasteiger partial charge in [0.25, 0.3) is 0 Å². The van der Waals surface area contributed by atoms with Gasteiger partial charge in [0.15, 0.2) is 0 Å². The van der Waals surface area contributed by atoms with E-state index in [0.717, 1.165) is 18.7 Å². The van der Waals surface area contributed by atoms with E-state index in [4.69, 9.17) is 10.7 Å². The SMILES string of the molecule is NC1(c2nccc(C3CCCCC3)n2)CCCCC1. The largest absolute Gasteiger partial charge is 0.319 e. The normalized spacial score (nSPS) is 24.3. The van der Waals surface area contributed by atoms with E-state index in [0.29, 0.717) is 5.92 Å². The maximum Gasteiger partial charge on any atom is 0.148 e. The van der Waals surface area contributed by atoms with Crippen LogP contribution in [0.4, 0.5) is 0 Å². The van der Waals surface area contributed by atoms with Crippen LogP contribution < -0.4 is 5.73 Å². The summed E-state index contributed by atoms with van der Waals surface area (Å²) in [6.45, 7) is 0. The monoisotopic (exact) mass is 259 g/mol. The third kappa shape index (κ3) is 2.81. The Morgan fingerprint density at radius 3 is 2.42 bits per heavy atom. The van der Waals surface area contributed by atoms with Gasteiger partial charge in [-0.3, -0.25) is 0 Å². The second-order valence-electron chi connectivity index (χ2n) is 6.36. The first-order valence-electron chi connectivity index (χ1n) is 7.90. The van der Waals surface area contributed by atoms with Crippen LogP contribution in [0, 0.1) is 0 Å². The Kier molecular flexibility index (Phi) is 3.83. The Morgan fingerprint density at radius 1 is 1.00 bits per heavy atom. The molecule has 0 aliphatic heterocycles. The minimum Gasteiger partial charge on any atom is -0.319 e. The average molecular weight is 259 g/mol. The predicted molar refractivity (Wildman–Crippen MR) is 76.8 cm³/mol. The lowest BCUT2D eigenvalue weighted by molar-refractivity contribution is 0.285. The minimum atomic E-state index is -0.261. The molecule has 3 rings (SSSR count). The zero-order valence-corrected chi connectivity index (χ0v) is 11.8. The van der Waals surface area contributed by atoms with E-state index in [2.05, 4.69) is 11.1 Å². The van der Waals surface area contributed by atoms with Gasteiger partial charge in [-0.15, -0.1) is 0 Å². The van der Waals surface area contributed by atoms with Crippen molar-refractivity contribution in [2.45, 2.75) is 75.7 Å². The summed E-state index contributed by atoms with van der Waals surface area (Å²) in [4.78, 5) is 9.35. The second-order valence-corrected chi connectivity index (χ2v) is 6.36. The van der Waals surface area contributed by atoms with Crippen molar-refractivity contribution in [3.8, 4) is 0 Å². The Hall–Kier alpha value is -0.960. The van der Waals surface area contributed by atoms with Crippen LogP contribution in [0.15, 0.2) is 12.3 Å². The molecule has 0 bridgehead atoms. The molecule has 1 heterocycles. The summed E-state index contributed by atoms with van der Waals surface area (Å²) in [7, 11) is 0. The second kappa shape index (κ2) is 5.58. The Bertz CT molecular complexity index is 418. The molecule has 19 heavy (non-hydrogen) atoms. The van der Waals surface area contributed by atoms with E-state index in [1.807, 2.05) is 6.20 Å². The molecule has 0 radical (unpaired) electrons. The molecule has 0 unspecified atom stereocenters. The lowest BCUT2D eigenvalue weighted by Gasteiger charge is -2.32. The molecule has 1 aromatic rings. The summed E-state index contributed by atoms with van der Waals surface area (Å²) in [5.74, 6) is 1.54. The first-order chi connectivity index (χ1) is 9.28. The molecule has 2 N–H and O–H groups in total. The van der Waals surface area contributed by atoms with E-state index < -0.39 is 0 Å². The first kappa shape index (κ1) is 13.0. The third-order valence-corrected chi connectivity index (χ3v) is 4.89. The lowest BCUT2D eigenvalue weighted by atomic mass is 9.81. The van der Waals surface area contributed by atoms with Crippen molar-refractivity contribution in [3.63, 3.8) is 0 Å². The van der Waals surface area contributed by atoms with Gasteiger partial charge in [0.1, 0.15) is 5.82 Å². The smallest absolute Gasteiger partial charge is 0.148 e. The van der Waals surface area contributed by atoms with Crippen LogP contribution in [-0.4, -0.2) is 9.97 Å². The molecule has 0 aromatic carbocycles. The maximum absolute atomic E-state index is 6.55. The Morgan fingerprint density at radius 2 is 1.68 bits per heavy atom. The van der Waals surface area contributed by atoms with Crippen molar-refractivity contribution in [1.82, 2.24) is 9.97 Å². The van der Waals surface area contributed by atoms with Gasteiger partial charge in [-0.2, -0.15) is 0 Å². The zero-order chi connectivity index (χ0) is 13.1. The predicted octanol–water partition coefficient (Wildman–Crippen LogP) is 3.64.